The quantitative estimate of drug-likeness (QED) is 0.347. The number of H-pyrrole nitrogens is 1. The molecule has 0 saturated heterocycles. The molecular weight excluding hydrogens is 470 g/mol. The van der Waals surface area contributed by atoms with Gasteiger partial charge in [0.15, 0.2) is 0 Å². The zero-order valence-corrected chi connectivity index (χ0v) is 19.2. The number of hydrogen-bond donors (Lipinski definition) is 2. The van der Waals surface area contributed by atoms with Gasteiger partial charge in [-0.05, 0) is 42.2 Å². The fraction of sp³-hybridized carbons (Fsp3) is 0.292. The van der Waals surface area contributed by atoms with Gasteiger partial charge in [0.25, 0.3) is 18.0 Å². The smallest absolute Gasteiger partial charge is 0.296 e. The maximum Gasteiger partial charge on any atom is 0.296 e. The van der Waals surface area contributed by atoms with Crippen LogP contribution < -0.4 is 10.3 Å². The Kier molecular flexibility index (Phi) is 8.47. The zero-order valence-electron chi connectivity index (χ0n) is 17.7. The van der Waals surface area contributed by atoms with E-state index >= 15 is 0 Å². The number of ether oxygens (including phenoxy) is 1. The van der Waals surface area contributed by atoms with Gasteiger partial charge >= 0.3 is 0 Å². The van der Waals surface area contributed by atoms with Crippen molar-refractivity contribution in [2.45, 2.75) is 44.1 Å². The fourth-order valence-electron chi connectivity index (χ4n) is 4.23. The van der Waals surface area contributed by atoms with Gasteiger partial charge in [-0.2, -0.15) is 4.39 Å². The van der Waals surface area contributed by atoms with Crippen molar-refractivity contribution in [2.75, 3.05) is 0 Å². The molecule has 174 valence electrons. The van der Waals surface area contributed by atoms with Gasteiger partial charge in [0.05, 0.1) is 0 Å². The normalized spacial score (nSPS) is 14.3. The number of benzene rings is 2. The van der Waals surface area contributed by atoms with Gasteiger partial charge in [-0.3, -0.25) is 9.59 Å². The molecule has 9 heteroatoms. The lowest BCUT2D eigenvalue weighted by molar-refractivity contribution is -0.122. The van der Waals surface area contributed by atoms with Crippen LogP contribution in [-0.4, -0.2) is 21.5 Å². The summed E-state index contributed by atoms with van der Waals surface area (Å²) in [4.78, 5) is 27.6. The molecule has 1 saturated carbocycles. The minimum atomic E-state index is -0.907. The Bertz CT molecular complexity index is 1150. The van der Waals surface area contributed by atoms with Gasteiger partial charge in [-0.15, -0.1) is 0 Å². The number of nitrogens with zero attached hydrogens (tertiary/aromatic N) is 1. The molecule has 4 rings (SSSR count). The lowest BCUT2D eigenvalue weighted by Gasteiger charge is -2.30. The van der Waals surface area contributed by atoms with Gasteiger partial charge in [0.2, 0.25) is 5.75 Å². The molecular formula is C24H23Cl2FN2O4. The first-order chi connectivity index (χ1) is 15.9. The number of hydrogen-bond acceptors (Lipinski definition) is 4. The number of aromatic nitrogens is 2. The van der Waals surface area contributed by atoms with Crippen LogP contribution in [0.3, 0.4) is 0 Å². The third-order valence-corrected chi connectivity index (χ3v) is 6.24. The van der Waals surface area contributed by atoms with Crippen molar-refractivity contribution in [2.24, 2.45) is 0 Å². The van der Waals surface area contributed by atoms with Crippen LogP contribution in [0.2, 0.25) is 10.0 Å². The van der Waals surface area contributed by atoms with Crippen LogP contribution >= 0.6 is 23.2 Å². The summed E-state index contributed by atoms with van der Waals surface area (Å²) < 4.78 is 20.1. The molecule has 0 bridgehead atoms. The summed E-state index contributed by atoms with van der Waals surface area (Å²) in [7, 11) is 0. The molecule has 1 aliphatic carbocycles. The molecule has 2 aromatic carbocycles. The zero-order chi connectivity index (χ0) is 23.8. The Hall–Kier alpha value is -2.90. The van der Waals surface area contributed by atoms with Crippen molar-refractivity contribution >= 4 is 29.7 Å². The molecule has 0 spiro atoms. The number of carboxylic acid groups (broad SMARTS) is 1. The van der Waals surface area contributed by atoms with Crippen molar-refractivity contribution in [3.05, 3.63) is 91.8 Å². The lowest BCUT2D eigenvalue weighted by Crippen LogP contribution is -2.29. The van der Waals surface area contributed by atoms with E-state index in [1.54, 1.807) is 12.1 Å². The predicted octanol–water partition coefficient (Wildman–Crippen LogP) is 5.55. The van der Waals surface area contributed by atoms with Crippen LogP contribution in [0.15, 0.2) is 53.3 Å². The standard InChI is InChI=1S/C23H21Cl2FN2O2.CH2O2/c24-16-8-9-18(25)17(12-16)23(10-4-5-11-23)13-19-27-21(26)20(22(29)28-19)30-14-15-6-2-1-3-7-15;2-1-3/h1-3,6-9,12H,4-5,10-11,13-14H2,(H,27,28,29);1H,(H,2,3). The molecule has 6 nitrogen and oxygen atoms in total. The van der Waals surface area contributed by atoms with Crippen LogP contribution in [-0.2, 0) is 23.2 Å². The van der Waals surface area contributed by atoms with Crippen molar-refractivity contribution in [3.8, 4) is 5.75 Å². The predicted molar refractivity (Wildman–Crippen MR) is 125 cm³/mol. The molecule has 2 N–H and O–H groups in total. The second-order valence-electron chi connectivity index (χ2n) is 7.80. The van der Waals surface area contributed by atoms with Crippen LogP contribution in [0, 0.1) is 5.95 Å². The monoisotopic (exact) mass is 492 g/mol. The van der Waals surface area contributed by atoms with Crippen molar-refractivity contribution in [1.82, 2.24) is 9.97 Å². The summed E-state index contributed by atoms with van der Waals surface area (Å²) >= 11 is 12.7. The summed E-state index contributed by atoms with van der Waals surface area (Å²) in [6, 6.07) is 14.6. The number of rotatable bonds is 6. The maximum atomic E-state index is 14.7. The molecule has 0 amide bonds. The molecule has 0 atom stereocenters. The highest BCUT2D eigenvalue weighted by Gasteiger charge is 2.38. The maximum absolute atomic E-state index is 14.7. The van der Waals surface area contributed by atoms with E-state index < -0.39 is 17.3 Å². The van der Waals surface area contributed by atoms with Crippen molar-refractivity contribution in [1.29, 1.82) is 0 Å². The summed E-state index contributed by atoms with van der Waals surface area (Å²) in [6.45, 7) is -0.163. The number of nitrogens with one attached hydrogen (secondary N) is 1. The minimum Gasteiger partial charge on any atom is -0.483 e. The Morgan fingerprint density at radius 3 is 2.45 bits per heavy atom. The van der Waals surface area contributed by atoms with Crippen LogP contribution in [0.5, 0.6) is 5.75 Å². The SMILES string of the molecule is O=CO.O=c1[nH]c(CC2(c3cc(Cl)ccc3Cl)CCCC2)nc(F)c1OCc1ccccc1. The third kappa shape index (κ3) is 6.12. The molecule has 1 heterocycles. The Labute approximate surface area is 200 Å². The van der Waals surface area contributed by atoms with E-state index in [-0.39, 0.29) is 24.3 Å². The summed E-state index contributed by atoms with van der Waals surface area (Å²) in [5.41, 5.74) is 0.790. The van der Waals surface area contributed by atoms with Crippen LogP contribution in [0.1, 0.15) is 42.6 Å². The fourth-order valence-corrected chi connectivity index (χ4v) is 4.72. The average Bonchev–Trinajstić information content (AvgIpc) is 3.25. The second-order valence-corrected chi connectivity index (χ2v) is 8.64. The van der Waals surface area contributed by atoms with E-state index in [0.29, 0.717) is 16.5 Å². The van der Waals surface area contributed by atoms with E-state index in [0.717, 1.165) is 36.8 Å². The van der Waals surface area contributed by atoms with E-state index in [9.17, 15) is 9.18 Å². The number of aromatic amines is 1. The summed E-state index contributed by atoms with van der Waals surface area (Å²) in [5.74, 6) is -1.03. The molecule has 1 aliphatic rings. The van der Waals surface area contributed by atoms with E-state index in [1.807, 2.05) is 36.4 Å². The highest BCUT2D eigenvalue weighted by atomic mass is 35.5. The number of carbonyl (C=O) groups is 1. The van der Waals surface area contributed by atoms with Gasteiger partial charge in [-0.25, -0.2) is 4.98 Å². The molecule has 3 aromatic rings. The molecule has 33 heavy (non-hydrogen) atoms. The van der Waals surface area contributed by atoms with E-state index in [1.165, 1.54) is 0 Å². The Morgan fingerprint density at radius 1 is 1.15 bits per heavy atom. The summed E-state index contributed by atoms with van der Waals surface area (Å²) in [6.07, 6.45) is 4.15. The van der Waals surface area contributed by atoms with Gasteiger partial charge < -0.3 is 14.8 Å². The third-order valence-electron chi connectivity index (χ3n) is 5.68. The van der Waals surface area contributed by atoms with Crippen molar-refractivity contribution in [3.63, 3.8) is 0 Å². The molecule has 0 aliphatic heterocycles. The van der Waals surface area contributed by atoms with E-state index in [2.05, 4.69) is 9.97 Å². The first-order valence-electron chi connectivity index (χ1n) is 10.4. The summed E-state index contributed by atoms with van der Waals surface area (Å²) in [5, 5.41) is 8.10. The van der Waals surface area contributed by atoms with Gasteiger partial charge in [-0.1, -0.05) is 66.4 Å². The average molecular weight is 493 g/mol. The van der Waals surface area contributed by atoms with Gasteiger partial charge in [0, 0.05) is 21.9 Å². The Morgan fingerprint density at radius 2 is 1.82 bits per heavy atom. The van der Waals surface area contributed by atoms with Crippen LogP contribution in [0.4, 0.5) is 4.39 Å². The lowest BCUT2D eigenvalue weighted by atomic mass is 9.76. The number of halogens is 3. The molecule has 1 aromatic heterocycles. The first kappa shape index (κ1) is 24.7. The second kappa shape index (κ2) is 11.3. The van der Waals surface area contributed by atoms with Gasteiger partial charge in [0.1, 0.15) is 12.4 Å². The topological polar surface area (TPSA) is 92.3 Å². The highest BCUT2D eigenvalue weighted by Crippen LogP contribution is 2.46. The molecule has 0 unspecified atom stereocenters. The minimum absolute atomic E-state index is 0.0872. The van der Waals surface area contributed by atoms with E-state index in [4.69, 9.17) is 37.8 Å². The highest BCUT2D eigenvalue weighted by molar-refractivity contribution is 6.33. The largest absolute Gasteiger partial charge is 0.483 e. The van der Waals surface area contributed by atoms with Crippen LogP contribution in [0.25, 0.3) is 0 Å². The Balaban J connectivity index is 0.000000968. The first-order valence-corrected chi connectivity index (χ1v) is 11.1. The molecule has 0 radical (unpaired) electrons. The van der Waals surface area contributed by atoms with Crippen molar-refractivity contribution < 1.29 is 19.0 Å². The molecule has 1 fully saturated rings.